The zero-order valence-electron chi connectivity index (χ0n) is 11.5. The molecule has 3 heteroatoms. The third kappa shape index (κ3) is 2.59. The van der Waals surface area contributed by atoms with Crippen LogP contribution in [0.2, 0.25) is 0 Å². The lowest BCUT2D eigenvalue weighted by atomic mass is 10.1. The summed E-state index contributed by atoms with van der Waals surface area (Å²) in [4.78, 5) is 14.3. The number of benzene rings is 2. The summed E-state index contributed by atoms with van der Waals surface area (Å²) in [5, 5.41) is 0.0820. The molecule has 0 spiro atoms. The van der Waals surface area contributed by atoms with Crippen LogP contribution in [-0.4, -0.2) is 11.7 Å². The van der Waals surface area contributed by atoms with Crippen LogP contribution in [0.1, 0.15) is 22.9 Å². The Labute approximate surface area is 123 Å². The summed E-state index contributed by atoms with van der Waals surface area (Å²) in [6.45, 7) is 2.09. The van der Waals surface area contributed by atoms with Crippen molar-refractivity contribution in [2.45, 2.75) is 18.7 Å². The Bertz CT molecular complexity index is 611. The molecule has 0 aromatic heterocycles. The van der Waals surface area contributed by atoms with Crippen LogP contribution in [0.5, 0.6) is 0 Å². The van der Waals surface area contributed by atoms with Gasteiger partial charge in [0.05, 0.1) is 0 Å². The highest BCUT2D eigenvalue weighted by Gasteiger charge is 2.30. The van der Waals surface area contributed by atoms with Gasteiger partial charge in [0.25, 0.3) is 0 Å². The first-order chi connectivity index (χ1) is 9.75. The van der Waals surface area contributed by atoms with E-state index in [2.05, 4.69) is 31.2 Å². The predicted octanol–water partition coefficient (Wildman–Crippen LogP) is 4.16. The minimum absolute atomic E-state index is 0.0820. The molecule has 1 saturated heterocycles. The highest BCUT2D eigenvalue weighted by atomic mass is 32.2. The molecular weight excluding hydrogens is 266 g/mol. The van der Waals surface area contributed by atoms with Crippen molar-refractivity contribution in [3.8, 4) is 0 Å². The van der Waals surface area contributed by atoms with E-state index in [0.717, 1.165) is 11.4 Å². The molecule has 1 heterocycles. The SMILES string of the molecule is Cc1cccc(C2SCCC(=O)N2c2ccccc2)c1. The normalized spacial score (nSPS) is 19.1. The van der Waals surface area contributed by atoms with Crippen molar-refractivity contribution in [1.29, 1.82) is 0 Å². The van der Waals surface area contributed by atoms with E-state index in [-0.39, 0.29) is 11.3 Å². The molecule has 2 aromatic rings. The lowest BCUT2D eigenvalue weighted by Gasteiger charge is -2.35. The minimum atomic E-state index is 0.0820. The van der Waals surface area contributed by atoms with Crippen molar-refractivity contribution in [2.24, 2.45) is 0 Å². The summed E-state index contributed by atoms with van der Waals surface area (Å²) in [5.41, 5.74) is 3.41. The molecule has 1 unspecified atom stereocenters. The van der Waals surface area contributed by atoms with E-state index in [0.29, 0.717) is 6.42 Å². The van der Waals surface area contributed by atoms with Gasteiger partial charge in [-0.2, -0.15) is 0 Å². The molecule has 2 nitrogen and oxygen atoms in total. The van der Waals surface area contributed by atoms with Gasteiger partial charge in [-0.15, -0.1) is 11.8 Å². The number of amides is 1. The van der Waals surface area contributed by atoms with Crippen LogP contribution in [0, 0.1) is 6.92 Å². The molecule has 0 bridgehead atoms. The molecule has 3 rings (SSSR count). The van der Waals surface area contributed by atoms with Gasteiger partial charge in [0.2, 0.25) is 5.91 Å². The van der Waals surface area contributed by atoms with Gasteiger partial charge in [-0.05, 0) is 24.6 Å². The predicted molar refractivity (Wildman–Crippen MR) is 84.9 cm³/mol. The fraction of sp³-hybridized carbons (Fsp3) is 0.235. The number of anilines is 1. The van der Waals surface area contributed by atoms with Crippen LogP contribution in [0.4, 0.5) is 5.69 Å². The topological polar surface area (TPSA) is 20.3 Å². The number of carbonyl (C=O) groups excluding carboxylic acids is 1. The summed E-state index contributed by atoms with van der Waals surface area (Å²) in [7, 11) is 0. The van der Waals surface area contributed by atoms with Crippen LogP contribution in [-0.2, 0) is 4.79 Å². The van der Waals surface area contributed by atoms with Crippen molar-refractivity contribution < 1.29 is 4.79 Å². The first-order valence-corrected chi connectivity index (χ1v) is 7.86. The highest BCUT2D eigenvalue weighted by molar-refractivity contribution is 7.99. The number of nitrogens with zero attached hydrogens (tertiary/aromatic N) is 1. The van der Waals surface area contributed by atoms with Crippen LogP contribution in [0.25, 0.3) is 0 Å². The standard InChI is InChI=1S/C17H17NOS/c1-13-6-5-7-14(12-13)17-18(16(19)10-11-20-17)15-8-3-2-4-9-15/h2-9,12,17H,10-11H2,1H3. The number of thioether (sulfide) groups is 1. The second kappa shape index (κ2) is 5.71. The lowest BCUT2D eigenvalue weighted by Crippen LogP contribution is -2.37. The number of carbonyl (C=O) groups is 1. The number of aryl methyl sites for hydroxylation is 1. The molecule has 0 N–H and O–H groups in total. The minimum Gasteiger partial charge on any atom is -0.296 e. The zero-order valence-corrected chi connectivity index (χ0v) is 12.3. The molecule has 1 aliphatic heterocycles. The number of para-hydroxylation sites is 1. The fourth-order valence-electron chi connectivity index (χ4n) is 2.52. The fourth-order valence-corrected chi connectivity index (χ4v) is 3.76. The Kier molecular flexibility index (Phi) is 3.79. The van der Waals surface area contributed by atoms with Gasteiger partial charge < -0.3 is 0 Å². The average molecular weight is 283 g/mol. The Morgan fingerprint density at radius 2 is 1.90 bits per heavy atom. The quantitative estimate of drug-likeness (QED) is 0.824. The second-order valence-corrected chi connectivity index (χ2v) is 6.17. The smallest absolute Gasteiger partial charge is 0.229 e. The van der Waals surface area contributed by atoms with Gasteiger partial charge in [-0.25, -0.2) is 0 Å². The van der Waals surface area contributed by atoms with E-state index >= 15 is 0 Å². The first-order valence-electron chi connectivity index (χ1n) is 6.81. The first kappa shape index (κ1) is 13.3. The van der Waals surface area contributed by atoms with Crippen LogP contribution in [0.3, 0.4) is 0 Å². The summed E-state index contributed by atoms with van der Waals surface area (Å²) in [6.07, 6.45) is 0.613. The van der Waals surface area contributed by atoms with Crippen LogP contribution >= 0.6 is 11.8 Å². The van der Waals surface area contributed by atoms with Crippen LogP contribution in [0.15, 0.2) is 54.6 Å². The van der Waals surface area contributed by atoms with Crippen molar-refractivity contribution in [3.05, 3.63) is 65.7 Å². The molecule has 20 heavy (non-hydrogen) atoms. The number of hydrogen-bond donors (Lipinski definition) is 0. The third-order valence-corrected chi connectivity index (χ3v) is 4.70. The molecule has 1 atom stereocenters. The van der Waals surface area contributed by atoms with Crippen molar-refractivity contribution in [1.82, 2.24) is 0 Å². The molecule has 2 aromatic carbocycles. The molecule has 102 valence electrons. The van der Waals surface area contributed by atoms with E-state index in [4.69, 9.17) is 0 Å². The summed E-state index contributed by atoms with van der Waals surface area (Å²) in [6, 6.07) is 18.4. The molecule has 1 aliphatic rings. The molecule has 0 radical (unpaired) electrons. The number of rotatable bonds is 2. The molecule has 1 fully saturated rings. The Morgan fingerprint density at radius 1 is 1.10 bits per heavy atom. The maximum absolute atomic E-state index is 12.4. The Hall–Kier alpha value is -1.74. The van der Waals surface area contributed by atoms with Gasteiger partial charge >= 0.3 is 0 Å². The highest BCUT2D eigenvalue weighted by Crippen LogP contribution is 2.40. The van der Waals surface area contributed by atoms with E-state index in [1.165, 1.54) is 11.1 Å². The van der Waals surface area contributed by atoms with Gasteiger partial charge in [0.15, 0.2) is 0 Å². The van der Waals surface area contributed by atoms with Gasteiger partial charge in [-0.3, -0.25) is 9.69 Å². The van der Waals surface area contributed by atoms with E-state index in [9.17, 15) is 4.79 Å². The summed E-state index contributed by atoms with van der Waals surface area (Å²) < 4.78 is 0. The van der Waals surface area contributed by atoms with E-state index < -0.39 is 0 Å². The van der Waals surface area contributed by atoms with Crippen molar-refractivity contribution in [3.63, 3.8) is 0 Å². The number of hydrogen-bond acceptors (Lipinski definition) is 2. The maximum Gasteiger partial charge on any atom is 0.229 e. The van der Waals surface area contributed by atoms with Crippen molar-refractivity contribution in [2.75, 3.05) is 10.7 Å². The monoisotopic (exact) mass is 283 g/mol. The second-order valence-electron chi connectivity index (χ2n) is 4.99. The third-order valence-electron chi connectivity index (χ3n) is 3.46. The summed E-state index contributed by atoms with van der Waals surface area (Å²) >= 11 is 1.84. The summed E-state index contributed by atoms with van der Waals surface area (Å²) in [5.74, 6) is 1.10. The Balaban J connectivity index is 2.01. The van der Waals surface area contributed by atoms with Crippen molar-refractivity contribution >= 4 is 23.4 Å². The average Bonchev–Trinajstić information content (AvgIpc) is 2.48. The molecule has 1 amide bonds. The largest absolute Gasteiger partial charge is 0.296 e. The van der Waals surface area contributed by atoms with Crippen LogP contribution < -0.4 is 4.90 Å². The zero-order chi connectivity index (χ0) is 13.9. The Morgan fingerprint density at radius 3 is 2.65 bits per heavy atom. The molecule has 0 aliphatic carbocycles. The molecular formula is C17H17NOS. The van der Waals surface area contributed by atoms with Gasteiger partial charge in [0, 0.05) is 17.9 Å². The van der Waals surface area contributed by atoms with Gasteiger partial charge in [0.1, 0.15) is 5.37 Å². The lowest BCUT2D eigenvalue weighted by molar-refractivity contribution is -0.118. The van der Waals surface area contributed by atoms with E-state index in [1.54, 1.807) is 0 Å². The molecule has 0 saturated carbocycles. The van der Waals surface area contributed by atoms with Gasteiger partial charge in [-0.1, -0.05) is 48.0 Å². The maximum atomic E-state index is 12.4. The van der Waals surface area contributed by atoms with E-state index in [1.807, 2.05) is 47.0 Å².